The molecule has 4 fully saturated rings. The SMILES string of the molecule is CCCCN(c1nc(C)nc(N(CCCC)C2CC(C)(C)N(C)C(C)(C)C2)n1)C1CC(C)(C)N(C)C(C)(C)C1.CNCCCN(C)CCN(C)CCCNC.Cc1nc(NC(C)(C)CC(C)(C)C)nc(N(CCCCCCCCN(C)C2CC(C)(C)NC(C)(C)C2)C2CC(C)(C)NC(C)(C)C2)n1. The molecule has 0 atom stereocenters. The molecule has 0 radical (unpaired) electrons. The molecule has 4 saturated heterocycles. The van der Waals surface area contributed by atoms with Gasteiger partial charge in [-0.05, 0) is 322 Å². The Balaban J connectivity index is 0.000000360. The number of nitrogens with zero attached hydrogens (tertiary/aromatic N) is 14. The highest BCUT2D eigenvalue weighted by atomic mass is 15.4. The number of hydrogen-bond acceptors (Lipinski definition) is 19. The first-order chi connectivity index (χ1) is 47.0. The normalized spacial score (nSPS) is 20.8. The molecule has 19 nitrogen and oxygen atoms in total. The molecule has 0 saturated carbocycles. The molecule has 594 valence electrons. The second-order valence-electron chi connectivity index (χ2n) is 39.5. The molecule has 19 heteroatoms. The van der Waals surface area contributed by atoms with Crippen molar-refractivity contribution in [3.05, 3.63) is 11.6 Å². The van der Waals surface area contributed by atoms with E-state index in [0.717, 1.165) is 139 Å². The number of likely N-dealkylation sites (N-methyl/N-ethyl adjacent to an activating group) is 2. The largest absolute Gasteiger partial charge is 0.349 e. The van der Waals surface area contributed by atoms with Gasteiger partial charge in [-0.3, -0.25) is 9.80 Å². The van der Waals surface area contributed by atoms with Crippen LogP contribution in [0.4, 0.5) is 23.8 Å². The van der Waals surface area contributed by atoms with Crippen molar-refractivity contribution >= 4 is 23.8 Å². The quantitative estimate of drug-likeness (QED) is 0.0409. The van der Waals surface area contributed by atoms with Gasteiger partial charge < -0.3 is 56.0 Å². The summed E-state index contributed by atoms with van der Waals surface area (Å²) >= 11 is 0. The lowest BCUT2D eigenvalue weighted by molar-refractivity contribution is -0.0130. The Morgan fingerprint density at radius 3 is 1.09 bits per heavy atom. The lowest BCUT2D eigenvalue weighted by Crippen LogP contribution is -2.63. The number of anilines is 4. The molecule has 0 aliphatic carbocycles. The van der Waals surface area contributed by atoms with Gasteiger partial charge in [-0.25, -0.2) is 0 Å². The van der Waals surface area contributed by atoms with Crippen LogP contribution in [0.3, 0.4) is 0 Å². The maximum Gasteiger partial charge on any atom is 0.230 e. The van der Waals surface area contributed by atoms with Crippen molar-refractivity contribution in [3.63, 3.8) is 0 Å². The van der Waals surface area contributed by atoms with Crippen LogP contribution in [-0.4, -0.2) is 243 Å². The molecule has 0 spiro atoms. The summed E-state index contributed by atoms with van der Waals surface area (Å²) in [6.45, 7) is 69.0. The summed E-state index contributed by atoms with van der Waals surface area (Å²) in [7, 11) is 15.3. The molecule has 2 aromatic heterocycles. The fourth-order valence-corrected chi connectivity index (χ4v) is 18.3. The first-order valence-corrected chi connectivity index (χ1v) is 41.0. The Hall–Kier alpha value is -3.14. The zero-order valence-electron chi connectivity index (χ0n) is 73.0. The number of nitrogens with one attached hydrogen (secondary N) is 5. The summed E-state index contributed by atoms with van der Waals surface area (Å²) < 4.78 is 0. The van der Waals surface area contributed by atoms with Crippen LogP contribution in [0.5, 0.6) is 0 Å². The summed E-state index contributed by atoms with van der Waals surface area (Å²) in [5.74, 6) is 4.89. The second kappa shape index (κ2) is 39.3. The molecule has 0 amide bonds. The zero-order chi connectivity index (χ0) is 77.1. The number of hydrogen-bond donors (Lipinski definition) is 5. The van der Waals surface area contributed by atoms with Gasteiger partial charge in [-0.2, -0.15) is 29.9 Å². The van der Waals surface area contributed by atoms with Crippen LogP contribution in [0.2, 0.25) is 0 Å². The molecule has 2 aromatic rings. The Morgan fingerprint density at radius 2 is 0.725 bits per heavy atom. The maximum absolute atomic E-state index is 5.32. The molecule has 6 heterocycles. The van der Waals surface area contributed by atoms with Crippen LogP contribution in [0, 0.1) is 19.3 Å². The van der Waals surface area contributed by atoms with Crippen molar-refractivity contribution in [2.75, 3.05) is 135 Å². The van der Waals surface area contributed by atoms with Crippen molar-refractivity contribution < 1.29 is 0 Å². The minimum atomic E-state index is -0.123. The van der Waals surface area contributed by atoms with Gasteiger partial charge in [0, 0.05) is 107 Å². The predicted molar refractivity (Wildman–Crippen MR) is 442 cm³/mol. The average Bonchev–Trinajstić information content (AvgIpc) is 0.766. The fraction of sp³-hybridized carbons (Fsp3) is 0.928. The minimum Gasteiger partial charge on any atom is -0.349 e. The van der Waals surface area contributed by atoms with E-state index in [2.05, 4.69) is 267 Å². The highest BCUT2D eigenvalue weighted by Crippen LogP contribution is 2.43. The lowest BCUT2D eigenvalue weighted by Gasteiger charge is -2.56. The number of aromatic nitrogens is 6. The Kier molecular flexibility index (Phi) is 35.2. The van der Waals surface area contributed by atoms with Crippen LogP contribution in [0.25, 0.3) is 0 Å². The van der Waals surface area contributed by atoms with Gasteiger partial charge in [0.25, 0.3) is 0 Å². The summed E-state index contributed by atoms with van der Waals surface area (Å²) in [4.78, 5) is 50.3. The zero-order valence-corrected chi connectivity index (χ0v) is 73.0. The van der Waals surface area contributed by atoms with Gasteiger partial charge in [-0.15, -0.1) is 0 Å². The van der Waals surface area contributed by atoms with E-state index in [1.807, 2.05) is 21.0 Å². The first-order valence-electron chi connectivity index (χ1n) is 41.0. The molecular formula is C83H167N19. The molecule has 0 bridgehead atoms. The minimum absolute atomic E-state index is 0.0509. The van der Waals surface area contributed by atoms with Crippen LogP contribution >= 0.6 is 0 Å². The maximum atomic E-state index is 5.32. The molecular weight excluding hydrogens is 1260 g/mol. The third-order valence-electron chi connectivity index (χ3n) is 23.0. The van der Waals surface area contributed by atoms with Gasteiger partial charge in [0.1, 0.15) is 11.6 Å². The third-order valence-corrected chi connectivity index (χ3v) is 23.0. The van der Waals surface area contributed by atoms with Crippen LogP contribution in [0.15, 0.2) is 0 Å². The number of aryl methyl sites for hydroxylation is 2. The van der Waals surface area contributed by atoms with E-state index in [1.165, 1.54) is 90.5 Å². The van der Waals surface area contributed by atoms with E-state index >= 15 is 0 Å². The Bertz CT molecular complexity index is 2560. The van der Waals surface area contributed by atoms with Crippen molar-refractivity contribution in [2.45, 2.75) is 382 Å². The summed E-state index contributed by atoms with van der Waals surface area (Å²) in [6.07, 6.45) is 24.7. The van der Waals surface area contributed by atoms with E-state index in [9.17, 15) is 0 Å². The molecule has 4 aliphatic heterocycles. The Morgan fingerprint density at radius 1 is 0.402 bits per heavy atom. The number of likely N-dealkylation sites (tertiary alicyclic amines) is 2. The monoisotopic (exact) mass is 1430 g/mol. The standard InChI is InChI=1S/C39H76N8.C32H61N7.C12H30N4/c1-29-40-32(43-39(13,14)28-34(2,3)4)42-33(41-29)47(31-26-37(9,10)45-38(11,12)27-31)23-21-19-17-16-18-20-22-46(15)30-24-35(5,6)44-36(7,8)25-30;1-14-16-18-38(25-20-29(4,5)36(12)30(6,7)21-25)27-33-24(3)34-28(35-27)39(19-17-15-2)26-22-31(8,9)37(13)32(10,11)23-26;1-13-7-5-9-15(3)11-12-16(4)10-6-8-14-2/h30-31,44-45H,16-28H2,1-15H3,(H,40,41,42,43);25-26H,14-23H2,1-13H3;13-14H,5-12H2,1-4H3. The highest BCUT2D eigenvalue weighted by Gasteiger charge is 2.48. The van der Waals surface area contributed by atoms with Crippen LogP contribution < -0.4 is 41.3 Å². The molecule has 6 rings (SSSR count). The van der Waals surface area contributed by atoms with Gasteiger partial charge in [0.05, 0.1) is 0 Å². The van der Waals surface area contributed by atoms with Crippen molar-refractivity contribution in [3.8, 4) is 0 Å². The van der Waals surface area contributed by atoms with E-state index in [1.54, 1.807) is 0 Å². The number of piperidine rings is 4. The van der Waals surface area contributed by atoms with Crippen molar-refractivity contribution in [1.29, 1.82) is 0 Å². The van der Waals surface area contributed by atoms with Crippen molar-refractivity contribution in [2.24, 2.45) is 5.41 Å². The molecule has 102 heavy (non-hydrogen) atoms. The number of unbranched alkanes of at least 4 members (excludes halogenated alkanes) is 7. The van der Waals surface area contributed by atoms with E-state index in [4.69, 9.17) is 29.9 Å². The summed E-state index contributed by atoms with van der Waals surface area (Å²) in [5.41, 5.74) is 1.04. The van der Waals surface area contributed by atoms with Crippen molar-refractivity contribution in [1.82, 2.24) is 75.7 Å². The van der Waals surface area contributed by atoms with Gasteiger partial charge in [0.15, 0.2) is 0 Å². The molecule has 4 aliphatic rings. The average molecular weight is 1430 g/mol. The topological polar surface area (TPSA) is 163 Å². The Labute approximate surface area is 630 Å². The van der Waals surface area contributed by atoms with E-state index in [-0.39, 0.29) is 55.3 Å². The second-order valence-corrected chi connectivity index (χ2v) is 39.5. The van der Waals surface area contributed by atoms with Gasteiger partial charge in [0.2, 0.25) is 23.8 Å². The molecule has 5 N–H and O–H groups in total. The first kappa shape index (κ1) is 91.2. The van der Waals surface area contributed by atoms with E-state index in [0.29, 0.717) is 30.1 Å². The third kappa shape index (κ3) is 30.8. The predicted octanol–water partition coefficient (Wildman–Crippen LogP) is 15.3. The molecule has 0 unspecified atom stereocenters. The van der Waals surface area contributed by atoms with Gasteiger partial charge in [-0.1, -0.05) is 73.1 Å². The van der Waals surface area contributed by atoms with Crippen LogP contribution in [0.1, 0.15) is 306 Å². The highest BCUT2D eigenvalue weighted by molar-refractivity contribution is 5.43. The summed E-state index contributed by atoms with van der Waals surface area (Å²) in [5, 5.41) is 17.7. The van der Waals surface area contributed by atoms with Crippen LogP contribution in [-0.2, 0) is 0 Å². The summed E-state index contributed by atoms with van der Waals surface area (Å²) in [6, 6.07) is 1.84. The van der Waals surface area contributed by atoms with E-state index < -0.39 is 0 Å². The number of rotatable bonds is 36. The lowest BCUT2D eigenvalue weighted by atomic mass is 9.77. The van der Waals surface area contributed by atoms with Gasteiger partial charge >= 0.3 is 0 Å². The smallest absolute Gasteiger partial charge is 0.230 e. The fourth-order valence-electron chi connectivity index (χ4n) is 18.3. The molecule has 0 aromatic carbocycles.